The normalized spacial score (nSPS) is 11.4. The van der Waals surface area contributed by atoms with Gasteiger partial charge in [-0.05, 0) is 50.2 Å². The Hall–Kier alpha value is -3.30. The minimum Gasteiger partial charge on any atom is -0.494 e. The van der Waals surface area contributed by atoms with Gasteiger partial charge in [0.25, 0.3) is 5.91 Å². The topological polar surface area (TPSA) is 101 Å². The van der Waals surface area contributed by atoms with Crippen LogP contribution in [0.5, 0.6) is 5.75 Å². The van der Waals surface area contributed by atoms with E-state index in [2.05, 4.69) is 15.3 Å². The summed E-state index contributed by atoms with van der Waals surface area (Å²) in [5, 5.41) is 2.76. The largest absolute Gasteiger partial charge is 0.494 e. The van der Waals surface area contributed by atoms with Crippen molar-refractivity contribution in [1.82, 2.24) is 14.3 Å². The number of hydrogen-bond donors (Lipinski definition) is 1. The van der Waals surface area contributed by atoms with E-state index in [1.54, 1.807) is 48.5 Å². The Morgan fingerprint density at radius 1 is 1.03 bits per heavy atom. The highest BCUT2D eigenvalue weighted by atomic mass is 32.2. The highest BCUT2D eigenvalue weighted by Crippen LogP contribution is 2.18. The molecule has 1 amide bonds. The van der Waals surface area contributed by atoms with Gasteiger partial charge in [0, 0.05) is 25.1 Å². The summed E-state index contributed by atoms with van der Waals surface area (Å²) in [5.74, 6) is 0.644. The second kappa shape index (κ2) is 9.67. The van der Waals surface area contributed by atoms with Gasteiger partial charge in [0.2, 0.25) is 10.0 Å². The van der Waals surface area contributed by atoms with E-state index >= 15 is 0 Å². The number of nitrogens with zero attached hydrogens (tertiary/aromatic N) is 3. The van der Waals surface area contributed by atoms with Crippen LogP contribution in [0.4, 0.5) is 5.69 Å². The molecular weight excluding hydrogens is 416 g/mol. The van der Waals surface area contributed by atoms with Crippen LogP contribution in [0.15, 0.2) is 65.8 Å². The van der Waals surface area contributed by atoms with Gasteiger partial charge in [0.05, 0.1) is 23.6 Å². The zero-order valence-corrected chi connectivity index (χ0v) is 18.4. The van der Waals surface area contributed by atoms with E-state index in [9.17, 15) is 13.2 Å². The number of sulfonamides is 1. The number of nitrogens with one attached hydrogen (secondary N) is 1. The molecule has 0 fully saturated rings. The van der Waals surface area contributed by atoms with Crippen LogP contribution >= 0.6 is 0 Å². The zero-order chi connectivity index (χ0) is 22.4. The first-order valence-electron chi connectivity index (χ1n) is 9.67. The summed E-state index contributed by atoms with van der Waals surface area (Å²) in [6.07, 6.45) is 2.75. The van der Waals surface area contributed by atoms with Gasteiger partial charge >= 0.3 is 0 Å². The lowest BCUT2D eigenvalue weighted by Crippen LogP contribution is -2.27. The van der Waals surface area contributed by atoms with Crippen molar-refractivity contribution in [2.75, 3.05) is 19.0 Å². The van der Waals surface area contributed by atoms with E-state index in [0.717, 1.165) is 11.3 Å². The van der Waals surface area contributed by atoms with Crippen LogP contribution in [-0.2, 0) is 16.6 Å². The summed E-state index contributed by atoms with van der Waals surface area (Å²) in [6, 6.07) is 13.6. The fraction of sp³-hybridized carbons (Fsp3) is 0.227. The Labute approximate surface area is 182 Å². The fourth-order valence-corrected chi connectivity index (χ4v) is 3.86. The minimum absolute atomic E-state index is 0.0169. The van der Waals surface area contributed by atoms with Crippen molar-refractivity contribution in [2.24, 2.45) is 0 Å². The van der Waals surface area contributed by atoms with Gasteiger partial charge in [-0.2, -0.15) is 4.31 Å². The third kappa shape index (κ3) is 5.65. The molecule has 3 aromatic rings. The van der Waals surface area contributed by atoms with Crippen LogP contribution in [0.3, 0.4) is 0 Å². The summed E-state index contributed by atoms with van der Waals surface area (Å²) in [5.41, 5.74) is 1.85. The number of aromatic nitrogens is 2. The molecular formula is C22H24N4O4S. The van der Waals surface area contributed by atoms with E-state index in [4.69, 9.17) is 4.74 Å². The monoisotopic (exact) mass is 440 g/mol. The van der Waals surface area contributed by atoms with Crippen molar-refractivity contribution in [3.8, 4) is 5.75 Å². The molecule has 2 aromatic carbocycles. The van der Waals surface area contributed by atoms with Crippen molar-refractivity contribution in [3.05, 3.63) is 77.9 Å². The molecule has 1 heterocycles. The van der Waals surface area contributed by atoms with Gasteiger partial charge < -0.3 is 10.1 Å². The van der Waals surface area contributed by atoms with Crippen LogP contribution in [-0.4, -0.2) is 42.3 Å². The average molecular weight is 441 g/mol. The maximum atomic E-state index is 12.7. The molecule has 0 radical (unpaired) electrons. The van der Waals surface area contributed by atoms with Gasteiger partial charge in [0.1, 0.15) is 11.6 Å². The molecule has 162 valence electrons. The summed E-state index contributed by atoms with van der Waals surface area (Å²) in [6.45, 7) is 4.34. The molecule has 0 aliphatic rings. The standard InChI is InChI=1S/C22H24N4O4S/c1-4-30-19-9-7-18(8-10-19)25-22(27)17-13-23-21(24-14-17)15-26(3)31(28,29)20-11-5-16(2)6-12-20/h5-14H,4,15H2,1-3H3,(H,25,27). The lowest BCUT2D eigenvalue weighted by molar-refractivity contribution is 0.102. The molecule has 31 heavy (non-hydrogen) atoms. The number of rotatable bonds is 8. The van der Waals surface area contributed by atoms with Crippen LogP contribution in [0.2, 0.25) is 0 Å². The number of benzene rings is 2. The van der Waals surface area contributed by atoms with Crippen molar-refractivity contribution < 1.29 is 17.9 Å². The molecule has 0 atom stereocenters. The molecule has 1 N–H and O–H groups in total. The van der Waals surface area contributed by atoms with E-state index in [-0.39, 0.29) is 28.7 Å². The SMILES string of the molecule is CCOc1ccc(NC(=O)c2cnc(CN(C)S(=O)(=O)c3ccc(C)cc3)nc2)cc1. The number of ether oxygens (including phenoxy) is 1. The molecule has 0 bridgehead atoms. The molecule has 0 unspecified atom stereocenters. The lowest BCUT2D eigenvalue weighted by atomic mass is 10.2. The van der Waals surface area contributed by atoms with Gasteiger partial charge in [0.15, 0.2) is 0 Å². The first-order valence-corrected chi connectivity index (χ1v) is 11.1. The van der Waals surface area contributed by atoms with E-state index < -0.39 is 10.0 Å². The molecule has 0 aliphatic heterocycles. The molecule has 3 rings (SSSR count). The molecule has 0 aliphatic carbocycles. The second-order valence-electron chi connectivity index (χ2n) is 6.87. The van der Waals surface area contributed by atoms with Crippen LogP contribution in [0.25, 0.3) is 0 Å². The van der Waals surface area contributed by atoms with Crippen molar-refractivity contribution >= 4 is 21.6 Å². The first-order chi connectivity index (χ1) is 14.8. The minimum atomic E-state index is -3.67. The molecule has 8 nitrogen and oxygen atoms in total. The van der Waals surface area contributed by atoms with Crippen LogP contribution in [0.1, 0.15) is 28.7 Å². The van der Waals surface area contributed by atoms with E-state index in [1.807, 2.05) is 13.8 Å². The lowest BCUT2D eigenvalue weighted by Gasteiger charge is -2.16. The highest BCUT2D eigenvalue weighted by molar-refractivity contribution is 7.89. The van der Waals surface area contributed by atoms with Gasteiger partial charge in [-0.15, -0.1) is 0 Å². The Bertz CT molecular complexity index is 1130. The van der Waals surface area contributed by atoms with Crippen LogP contribution in [0, 0.1) is 6.92 Å². The molecule has 9 heteroatoms. The van der Waals surface area contributed by atoms with Gasteiger partial charge in [-0.25, -0.2) is 18.4 Å². The zero-order valence-electron chi connectivity index (χ0n) is 17.6. The number of carbonyl (C=O) groups is 1. The third-order valence-corrected chi connectivity index (χ3v) is 6.30. The molecule has 0 saturated carbocycles. The molecule has 1 aromatic heterocycles. The Morgan fingerprint density at radius 2 is 1.65 bits per heavy atom. The number of amides is 1. The van der Waals surface area contributed by atoms with E-state index in [1.165, 1.54) is 23.7 Å². The third-order valence-electron chi connectivity index (χ3n) is 4.48. The first kappa shape index (κ1) is 22.4. The Balaban J connectivity index is 1.64. The summed E-state index contributed by atoms with van der Waals surface area (Å²) >= 11 is 0. The molecule has 0 spiro atoms. The Morgan fingerprint density at radius 3 is 2.23 bits per heavy atom. The quantitative estimate of drug-likeness (QED) is 0.577. The van der Waals surface area contributed by atoms with Crippen molar-refractivity contribution in [1.29, 1.82) is 0 Å². The van der Waals surface area contributed by atoms with E-state index in [0.29, 0.717) is 12.3 Å². The van der Waals surface area contributed by atoms with Gasteiger partial charge in [-0.3, -0.25) is 4.79 Å². The smallest absolute Gasteiger partial charge is 0.258 e. The maximum absolute atomic E-state index is 12.7. The van der Waals surface area contributed by atoms with Crippen molar-refractivity contribution in [3.63, 3.8) is 0 Å². The second-order valence-corrected chi connectivity index (χ2v) is 8.92. The van der Waals surface area contributed by atoms with Gasteiger partial charge in [-0.1, -0.05) is 17.7 Å². The maximum Gasteiger partial charge on any atom is 0.258 e. The average Bonchev–Trinajstić information content (AvgIpc) is 2.76. The van der Waals surface area contributed by atoms with Crippen LogP contribution < -0.4 is 10.1 Å². The number of aryl methyl sites for hydroxylation is 1. The molecule has 0 saturated heterocycles. The Kier molecular flexibility index (Phi) is 6.98. The summed E-state index contributed by atoms with van der Waals surface area (Å²) < 4.78 is 31.9. The number of anilines is 1. The predicted octanol–water partition coefficient (Wildman–Crippen LogP) is 3.26. The fourth-order valence-electron chi connectivity index (χ4n) is 2.73. The highest BCUT2D eigenvalue weighted by Gasteiger charge is 2.21. The number of hydrogen-bond acceptors (Lipinski definition) is 6. The summed E-state index contributed by atoms with van der Waals surface area (Å²) in [7, 11) is -2.20. The summed E-state index contributed by atoms with van der Waals surface area (Å²) in [4.78, 5) is 20.9. The predicted molar refractivity (Wildman–Crippen MR) is 117 cm³/mol. The van der Waals surface area contributed by atoms with Crippen molar-refractivity contribution in [2.45, 2.75) is 25.3 Å². The number of carbonyl (C=O) groups excluding carboxylic acids is 1.